The van der Waals surface area contributed by atoms with Gasteiger partial charge in [-0.2, -0.15) is 0 Å². The van der Waals surface area contributed by atoms with Gasteiger partial charge in [0.15, 0.2) is 0 Å². The predicted molar refractivity (Wildman–Crippen MR) is 83.2 cm³/mol. The van der Waals surface area contributed by atoms with Gasteiger partial charge in [-0.25, -0.2) is 0 Å². The zero-order valence-corrected chi connectivity index (χ0v) is 12.3. The van der Waals surface area contributed by atoms with Crippen LogP contribution < -0.4 is 10.4 Å². The van der Waals surface area contributed by atoms with Gasteiger partial charge in [0.05, 0.1) is 0 Å². The minimum absolute atomic E-state index is 1.04. The summed E-state index contributed by atoms with van der Waals surface area (Å²) in [5, 5.41) is 5.64. The molecule has 0 amide bonds. The minimum Gasteiger partial charge on any atom is -0.0770 e. The second-order valence-corrected chi connectivity index (χ2v) is 6.34. The van der Waals surface area contributed by atoms with E-state index in [2.05, 4.69) is 58.4 Å². The van der Waals surface area contributed by atoms with E-state index in [4.69, 9.17) is 0 Å². The summed E-state index contributed by atoms with van der Waals surface area (Å²) >= 11 is 3.79. The van der Waals surface area contributed by atoms with Crippen LogP contribution in [0.1, 0.15) is 24.0 Å². The maximum Gasteiger partial charge on any atom is 0.00734 e. The lowest BCUT2D eigenvalue weighted by Gasteiger charge is -2.17. The normalized spacial score (nSPS) is 16.2. The van der Waals surface area contributed by atoms with Crippen LogP contribution in [-0.4, -0.2) is 0 Å². The largest absolute Gasteiger partial charge is 0.0770 e. The summed E-state index contributed by atoms with van der Waals surface area (Å²) in [6.07, 6.45) is 7.20. The fraction of sp³-hybridized carbons (Fsp3) is 0.222. The van der Waals surface area contributed by atoms with E-state index in [9.17, 15) is 0 Å². The fourth-order valence-electron chi connectivity index (χ4n) is 3.39. The first kappa shape index (κ1) is 11.5. The number of benzene rings is 2. The maximum atomic E-state index is 3.79. The Morgan fingerprint density at radius 2 is 1.68 bits per heavy atom. The fourth-order valence-corrected chi connectivity index (χ4v) is 4.02. The van der Waals surface area contributed by atoms with Gasteiger partial charge in [0.2, 0.25) is 0 Å². The van der Waals surface area contributed by atoms with E-state index in [1.165, 1.54) is 44.6 Å². The summed E-state index contributed by atoms with van der Waals surface area (Å²) < 4.78 is 1.33. The van der Waals surface area contributed by atoms with Gasteiger partial charge in [0.1, 0.15) is 0 Å². The number of fused-ring (bicyclic) bond motifs is 4. The van der Waals surface area contributed by atoms with Crippen molar-refractivity contribution in [1.82, 2.24) is 0 Å². The van der Waals surface area contributed by atoms with E-state index in [1.807, 2.05) is 0 Å². The van der Waals surface area contributed by atoms with E-state index in [-0.39, 0.29) is 0 Å². The highest BCUT2D eigenvalue weighted by Gasteiger charge is 2.14. The molecule has 1 heteroatoms. The molecule has 0 atom stereocenters. The molecule has 0 unspecified atom stereocenters. The molecular weight excluding hydrogens is 296 g/mol. The second kappa shape index (κ2) is 4.35. The SMILES string of the molecule is BrC1=c2ccccc2=c2ccc3c(c2C1)CCCC=3. The molecule has 4 rings (SSSR count). The van der Waals surface area contributed by atoms with Gasteiger partial charge in [0.25, 0.3) is 0 Å². The third kappa shape index (κ3) is 1.72. The van der Waals surface area contributed by atoms with Crippen molar-refractivity contribution in [3.05, 3.63) is 68.4 Å². The number of halogens is 1. The van der Waals surface area contributed by atoms with Crippen LogP contribution in [0.4, 0.5) is 0 Å². The molecule has 0 spiro atoms. The van der Waals surface area contributed by atoms with Crippen molar-refractivity contribution >= 4 is 26.5 Å². The summed E-state index contributed by atoms with van der Waals surface area (Å²) in [6.45, 7) is 0. The molecule has 2 aromatic rings. The predicted octanol–water partition coefficient (Wildman–Crippen LogP) is 3.15. The highest BCUT2D eigenvalue weighted by Crippen LogP contribution is 2.23. The first-order valence-electron chi connectivity index (χ1n) is 6.93. The van der Waals surface area contributed by atoms with Crippen molar-refractivity contribution in [2.45, 2.75) is 25.7 Å². The number of hydrogen-bond donors (Lipinski definition) is 0. The summed E-state index contributed by atoms with van der Waals surface area (Å²) in [5.74, 6) is 0. The molecule has 0 nitrogen and oxygen atoms in total. The van der Waals surface area contributed by atoms with Crippen molar-refractivity contribution in [2.24, 2.45) is 0 Å². The zero-order chi connectivity index (χ0) is 12.8. The Morgan fingerprint density at radius 3 is 2.58 bits per heavy atom. The van der Waals surface area contributed by atoms with Crippen LogP contribution in [0.15, 0.2) is 36.4 Å². The molecule has 0 N–H and O–H groups in total. The molecule has 0 heterocycles. The molecule has 0 saturated heterocycles. The summed E-state index contributed by atoms with van der Waals surface area (Å²) in [4.78, 5) is 0. The molecule has 2 aromatic carbocycles. The van der Waals surface area contributed by atoms with Crippen LogP contribution in [0.3, 0.4) is 0 Å². The van der Waals surface area contributed by atoms with Gasteiger partial charge < -0.3 is 0 Å². The van der Waals surface area contributed by atoms with E-state index in [0.29, 0.717) is 0 Å². The van der Waals surface area contributed by atoms with Gasteiger partial charge in [0, 0.05) is 10.9 Å². The van der Waals surface area contributed by atoms with Crippen LogP contribution in [-0.2, 0) is 12.8 Å². The third-order valence-electron chi connectivity index (χ3n) is 4.30. The third-order valence-corrected chi connectivity index (χ3v) is 5.01. The lowest BCUT2D eigenvalue weighted by molar-refractivity contribution is 0.824. The standard InChI is InChI=1S/C18H15Br/c19-18-11-17-13-6-2-1-5-12(13)9-10-15(17)14-7-3-4-8-16(14)18/h3-5,7-10H,1-2,6,11H2. The monoisotopic (exact) mass is 310 g/mol. The minimum atomic E-state index is 1.04. The van der Waals surface area contributed by atoms with Crippen molar-refractivity contribution in [1.29, 1.82) is 0 Å². The average molecular weight is 311 g/mol. The Balaban J connectivity index is 2.26. The van der Waals surface area contributed by atoms with Gasteiger partial charge in [-0.05, 0) is 51.3 Å². The van der Waals surface area contributed by atoms with Crippen LogP contribution in [0.2, 0.25) is 0 Å². The summed E-state index contributed by atoms with van der Waals surface area (Å²) in [5.41, 5.74) is 3.12. The van der Waals surface area contributed by atoms with Gasteiger partial charge in [-0.15, -0.1) is 0 Å². The topological polar surface area (TPSA) is 0 Å². The Kier molecular flexibility index (Phi) is 2.63. The molecule has 0 aromatic heterocycles. The molecule has 2 aliphatic rings. The highest BCUT2D eigenvalue weighted by atomic mass is 79.9. The zero-order valence-electron chi connectivity index (χ0n) is 10.7. The molecule has 2 aliphatic carbocycles. The summed E-state index contributed by atoms with van der Waals surface area (Å²) in [7, 11) is 0. The van der Waals surface area contributed by atoms with E-state index >= 15 is 0 Å². The van der Waals surface area contributed by atoms with E-state index < -0.39 is 0 Å². The molecule has 0 saturated carbocycles. The smallest absolute Gasteiger partial charge is 0.00734 e. The first-order chi connectivity index (χ1) is 9.34. The molecule has 0 radical (unpaired) electrons. The highest BCUT2D eigenvalue weighted by molar-refractivity contribution is 9.14. The van der Waals surface area contributed by atoms with Crippen LogP contribution in [0.5, 0.6) is 0 Å². The Morgan fingerprint density at radius 1 is 0.842 bits per heavy atom. The van der Waals surface area contributed by atoms with Gasteiger partial charge >= 0.3 is 0 Å². The molecule has 19 heavy (non-hydrogen) atoms. The Hall–Kier alpha value is -1.34. The van der Waals surface area contributed by atoms with Crippen molar-refractivity contribution < 1.29 is 0 Å². The summed E-state index contributed by atoms with van der Waals surface area (Å²) in [6, 6.07) is 13.3. The second-order valence-electron chi connectivity index (χ2n) is 5.38. The first-order valence-corrected chi connectivity index (χ1v) is 7.73. The van der Waals surface area contributed by atoms with Crippen molar-refractivity contribution in [2.75, 3.05) is 0 Å². The average Bonchev–Trinajstić information content (AvgIpc) is 2.47. The lowest BCUT2D eigenvalue weighted by Crippen LogP contribution is -2.20. The van der Waals surface area contributed by atoms with E-state index in [0.717, 1.165) is 6.42 Å². The molecule has 0 aliphatic heterocycles. The van der Waals surface area contributed by atoms with Gasteiger partial charge in [-0.1, -0.05) is 58.4 Å². The quantitative estimate of drug-likeness (QED) is 0.701. The molecule has 0 fully saturated rings. The van der Waals surface area contributed by atoms with Crippen LogP contribution in [0.25, 0.3) is 10.6 Å². The molecule has 0 bridgehead atoms. The molecular formula is C18H15Br. The van der Waals surface area contributed by atoms with Crippen LogP contribution in [0, 0.1) is 10.4 Å². The lowest BCUT2D eigenvalue weighted by atomic mass is 9.89. The maximum absolute atomic E-state index is 3.79. The number of rotatable bonds is 0. The Labute approximate surface area is 120 Å². The Bertz CT molecular complexity index is 875. The molecule has 94 valence electrons. The number of hydrogen-bond acceptors (Lipinski definition) is 0. The van der Waals surface area contributed by atoms with Crippen LogP contribution >= 0.6 is 15.9 Å². The van der Waals surface area contributed by atoms with Gasteiger partial charge in [-0.3, -0.25) is 0 Å². The van der Waals surface area contributed by atoms with Crippen molar-refractivity contribution in [3.8, 4) is 0 Å². The van der Waals surface area contributed by atoms with E-state index in [1.54, 1.807) is 11.1 Å². The van der Waals surface area contributed by atoms with Crippen molar-refractivity contribution in [3.63, 3.8) is 0 Å².